The molecule has 0 radical (unpaired) electrons. The van der Waals surface area contributed by atoms with Crippen LogP contribution in [-0.4, -0.2) is 30.1 Å². The van der Waals surface area contributed by atoms with Crippen LogP contribution in [0.25, 0.3) is 0 Å². The fraction of sp³-hybridized carbons (Fsp3) is 0.429. The van der Waals surface area contributed by atoms with Crippen molar-refractivity contribution in [3.8, 4) is 0 Å². The molecular weight excluding hydrogens is 290 g/mol. The van der Waals surface area contributed by atoms with Crippen molar-refractivity contribution in [2.45, 2.75) is 26.3 Å². The number of anilines is 1. The van der Waals surface area contributed by atoms with E-state index in [9.17, 15) is 19.7 Å². The first kappa shape index (κ1) is 17.4. The number of hydrogen-bond acceptors (Lipinski definition) is 5. The van der Waals surface area contributed by atoms with E-state index in [-0.39, 0.29) is 11.6 Å². The molecule has 0 heterocycles. The number of carbonyl (C=O) groups is 2. The summed E-state index contributed by atoms with van der Waals surface area (Å²) in [6.07, 6.45) is -0.296. The van der Waals surface area contributed by atoms with Gasteiger partial charge in [-0.3, -0.25) is 14.9 Å². The largest absolute Gasteiger partial charge is 0.453 e. The highest BCUT2D eigenvalue weighted by atomic mass is 16.6. The van der Waals surface area contributed by atoms with Gasteiger partial charge in [-0.1, -0.05) is 19.9 Å². The fourth-order valence-electron chi connectivity index (χ4n) is 1.83. The minimum atomic E-state index is -0.785. The number of rotatable bonds is 6. The molecule has 1 rings (SSSR count). The van der Waals surface area contributed by atoms with Crippen LogP contribution in [0, 0.1) is 16.0 Å². The number of ether oxygens (including phenoxy) is 1. The molecule has 22 heavy (non-hydrogen) atoms. The molecule has 2 N–H and O–H groups in total. The zero-order chi connectivity index (χ0) is 16.7. The van der Waals surface area contributed by atoms with E-state index in [1.54, 1.807) is 0 Å². The molecule has 0 aliphatic carbocycles. The average Bonchev–Trinajstić information content (AvgIpc) is 2.46. The minimum Gasteiger partial charge on any atom is -0.453 e. The van der Waals surface area contributed by atoms with E-state index < -0.39 is 23.0 Å². The number of amides is 2. The summed E-state index contributed by atoms with van der Waals surface area (Å²) in [6, 6.07) is 4.80. The van der Waals surface area contributed by atoms with Crippen LogP contribution < -0.4 is 10.6 Å². The Morgan fingerprint density at radius 1 is 1.36 bits per heavy atom. The highest BCUT2D eigenvalue weighted by molar-refractivity contribution is 5.96. The van der Waals surface area contributed by atoms with E-state index in [0.717, 1.165) is 0 Å². The number of nitro benzene ring substituents is 1. The predicted octanol–water partition coefficient (Wildman–Crippen LogP) is 2.30. The zero-order valence-corrected chi connectivity index (χ0v) is 12.7. The fourth-order valence-corrected chi connectivity index (χ4v) is 1.83. The topological polar surface area (TPSA) is 111 Å². The van der Waals surface area contributed by atoms with Crippen molar-refractivity contribution < 1.29 is 19.2 Å². The van der Waals surface area contributed by atoms with Crippen LogP contribution in [0.1, 0.15) is 20.3 Å². The third kappa shape index (κ3) is 5.39. The minimum absolute atomic E-state index is 0.126. The highest BCUT2D eigenvalue weighted by Gasteiger charge is 2.22. The number of nitrogens with one attached hydrogen (secondary N) is 2. The number of alkyl carbamates (subject to hydrolysis) is 1. The summed E-state index contributed by atoms with van der Waals surface area (Å²) >= 11 is 0. The number of carbonyl (C=O) groups excluding carboxylic acids is 2. The Hall–Kier alpha value is -2.64. The van der Waals surface area contributed by atoms with Gasteiger partial charge < -0.3 is 15.4 Å². The Labute approximate surface area is 128 Å². The maximum atomic E-state index is 12.2. The molecule has 2 amide bonds. The van der Waals surface area contributed by atoms with Crippen LogP contribution in [0.4, 0.5) is 16.2 Å². The van der Waals surface area contributed by atoms with Crippen molar-refractivity contribution in [2.24, 2.45) is 5.92 Å². The summed E-state index contributed by atoms with van der Waals surface area (Å²) in [7, 11) is 1.21. The average molecular weight is 309 g/mol. The summed E-state index contributed by atoms with van der Waals surface area (Å²) in [6.45, 7) is 3.82. The van der Waals surface area contributed by atoms with Crippen molar-refractivity contribution in [1.82, 2.24) is 5.32 Å². The van der Waals surface area contributed by atoms with E-state index in [1.807, 2.05) is 13.8 Å². The Morgan fingerprint density at radius 2 is 2.05 bits per heavy atom. The van der Waals surface area contributed by atoms with Gasteiger partial charge in [-0.2, -0.15) is 0 Å². The standard InChI is InChI=1S/C14H19N3O5/c1-9(2)7-12(16-14(19)22-3)13(18)15-10-5-4-6-11(8-10)17(20)21/h4-6,8-9,12H,7H2,1-3H3,(H,15,18)(H,16,19). The Bertz CT molecular complexity index is 559. The van der Waals surface area contributed by atoms with Crippen LogP contribution in [0.5, 0.6) is 0 Å². The van der Waals surface area contributed by atoms with Gasteiger partial charge >= 0.3 is 6.09 Å². The van der Waals surface area contributed by atoms with Gasteiger partial charge in [0, 0.05) is 17.8 Å². The summed E-state index contributed by atoms with van der Waals surface area (Å²) in [5.74, 6) is -0.294. The van der Waals surface area contributed by atoms with Gasteiger partial charge in [0.2, 0.25) is 5.91 Å². The molecule has 0 aliphatic heterocycles. The molecule has 0 spiro atoms. The van der Waals surface area contributed by atoms with Crippen LogP contribution in [0.15, 0.2) is 24.3 Å². The lowest BCUT2D eigenvalue weighted by atomic mass is 10.0. The number of non-ortho nitro benzene ring substituents is 1. The lowest BCUT2D eigenvalue weighted by molar-refractivity contribution is -0.384. The molecule has 0 saturated carbocycles. The Kier molecular flexibility index (Phi) is 6.30. The first-order valence-corrected chi connectivity index (χ1v) is 6.73. The first-order valence-electron chi connectivity index (χ1n) is 6.73. The molecule has 0 saturated heterocycles. The highest BCUT2D eigenvalue weighted by Crippen LogP contribution is 2.17. The smallest absolute Gasteiger partial charge is 0.407 e. The summed E-state index contributed by atoms with van der Waals surface area (Å²) in [5.41, 5.74) is 0.166. The zero-order valence-electron chi connectivity index (χ0n) is 12.7. The Morgan fingerprint density at radius 3 is 2.59 bits per heavy atom. The molecule has 120 valence electrons. The summed E-state index contributed by atoms with van der Waals surface area (Å²) in [5, 5.41) is 15.7. The number of nitrogens with zero attached hydrogens (tertiary/aromatic N) is 1. The number of methoxy groups -OCH3 is 1. The molecule has 1 unspecified atom stereocenters. The molecule has 8 nitrogen and oxygen atoms in total. The summed E-state index contributed by atoms with van der Waals surface area (Å²) in [4.78, 5) is 33.7. The van der Waals surface area contributed by atoms with Crippen LogP contribution in [0.2, 0.25) is 0 Å². The molecule has 0 fully saturated rings. The normalized spacial score (nSPS) is 11.6. The quantitative estimate of drug-likeness (QED) is 0.618. The molecule has 0 aromatic heterocycles. The molecule has 1 aromatic rings. The van der Waals surface area contributed by atoms with Gasteiger partial charge in [0.1, 0.15) is 6.04 Å². The van der Waals surface area contributed by atoms with Gasteiger partial charge in [-0.25, -0.2) is 4.79 Å². The van der Waals surface area contributed by atoms with Crippen molar-refractivity contribution in [2.75, 3.05) is 12.4 Å². The van der Waals surface area contributed by atoms with Crippen molar-refractivity contribution in [3.05, 3.63) is 34.4 Å². The molecule has 1 aromatic carbocycles. The number of nitro groups is 1. The number of benzene rings is 1. The monoisotopic (exact) mass is 309 g/mol. The third-order valence-corrected chi connectivity index (χ3v) is 2.83. The third-order valence-electron chi connectivity index (χ3n) is 2.83. The Balaban J connectivity index is 2.83. The van der Waals surface area contributed by atoms with Crippen molar-refractivity contribution >= 4 is 23.4 Å². The van der Waals surface area contributed by atoms with Gasteiger partial charge in [-0.05, 0) is 18.4 Å². The van der Waals surface area contributed by atoms with Crippen LogP contribution >= 0.6 is 0 Å². The molecule has 0 aliphatic rings. The van der Waals surface area contributed by atoms with Gasteiger partial charge in [-0.15, -0.1) is 0 Å². The maximum Gasteiger partial charge on any atom is 0.407 e. The predicted molar refractivity (Wildman–Crippen MR) is 80.5 cm³/mol. The van der Waals surface area contributed by atoms with Crippen LogP contribution in [0.3, 0.4) is 0 Å². The van der Waals surface area contributed by atoms with E-state index in [2.05, 4.69) is 15.4 Å². The SMILES string of the molecule is COC(=O)NC(CC(C)C)C(=O)Nc1cccc([N+](=O)[O-])c1. The summed E-state index contributed by atoms with van der Waals surface area (Å²) < 4.78 is 4.49. The van der Waals surface area contributed by atoms with Crippen LogP contribution in [-0.2, 0) is 9.53 Å². The second kappa shape index (κ2) is 7.96. The van der Waals surface area contributed by atoms with Gasteiger partial charge in [0.05, 0.1) is 12.0 Å². The molecule has 1 atom stereocenters. The first-order chi connectivity index (χ1) is 10.3. The van der Waals surface area contributed by atoms with Crippen molar-refractivity contribution in [3.63, 3.8) is 0 Å². The number of hydrogen-bond donors (Lipinski definition) is 2. The molecule has 8 heteroatoms. The lowest BCUT2D eigenvalue weighted by Gasteiger charge is -2.19. The molecular formula is C14H19N3O5. The maximum absolute atomic E-state index is 12.2. The van der Waals surface area contributed by atoms with E-state index >= 15 is 0 Å². The van der Waals surface area contributed by atoms with Gasteiger partial charge in [0.15, 0.2) is 0 Å². The van der Waals surface area contributed by atoms with Crippen molar-refractivity contribution in [1.29, 1.82) is 0 Å². The second-order valence-electron chi connectivity index (χ2n) is 5.11. The van der Waals surface area contributed by atoms with E-state index in [4.69, 9.17) is 0 Å². The van der Waals surface area contributed by atoms with E-state index in [0.29, 0.717) is 12.1 Å². The van der Waals surface area contributed by atoms with E-state index in [1.165, 1.54) is 31.4 Å². The van der Waals surface area contributed by atoms with Gasteiger partial charge in [0.25, 0.3) is 5.69 Å². The molecule has 0 bridgehead atoms. The lowest BCUT2D eigenvalue weighted by Crippen LogP contribution is -2.44. The second-order valence-corrected chi connectivity index (χ2v) is 5.11.